The van der Waals surface area contributed by atoms with Gasteiger partial charge in [-0.1, -0.05) is 30.6 Å². The highest BCUT2D eigenvalue weighted by Gasteiger charge is 2.55. The van der Waals surface area contributed by atoms with E-state index in [1.165, 1.54) is 21.6 Å². The third-order valence-corrected chi connectivity index (χ3v) is 7.56. The molecule has 32 heavy (non-hydrogen) atoms. The molecule has 2 amide bonds. The van der Waals surface area contributed by atoms with E-state index in [-0.39, 0.29) is 35.7 Å². The summed E-state index contributed by atoms with van der Waals surface area (Å²) in [6, 6.07) is 4.07. The fraction of sp³-hybridized carbons (Fsp3) is 0.556. The molecule has 1 aromatic carbocycles. The Hall–Kier alpha value is -2.40. The molecule has 0 spiro atoms. The van der Waals surface area contributed by atoms with Crippen LogP contribution in [0.2, 0.25) is 0 Å². The van der Waals surface area contributed by atoms with E-state index in [0.717, 1.165) is 42.4 Å². The molecule has 4 rings (SSSR count). The predicted octanol–water partition coefficient (Wildman–Crippen LogP) is 4.94. The van der Waals surface area contributed by atoms with Gasteiger partial charge in [0.2, 0.25) is 11.8 Å². The molecule has 0 aromatic heterocycles. The van der Waals surface area contributed by atoms with Gasteiger partial charge in [0.05, 0.1) is 24.5 Å². The smallest absolute Gasteiger partial charge is 0.233 e. The summed E-state index contributed by atoms with van der Waals surface area (Å²) in [6.45, 7) is 8.71. The number of ether oxygens (including phenoxy) is 1. The zero-order chi connectivity index (χ0) is 23.2. The number of allylic oxidation sites excluding steroid dienone is 2. The Morgan fingerprint density at radius 3 is 2.47 bits per heavy atom. The number of rotatable bonds is 6. The van der Waals surface area contributed by atoms with E-state index < -0.39 is 0 Å². The number of aryl methyl sites for hydroxylation is 2. The van der Waals surface area contributed by atoms with Crippen molar-refractivity contribution in [3.63, 3.8) is 0 Å². The maximum atomic E-state index is 12.7. The van der Waals surface area contributed by atoms with E-state index in [9.17, 15) is 14.7 Å². The number of imide groups is 1. The molecule has 0 bridgehead atoms. The van der Waals surface area contributed by atoms with Crippen LogP contribution in [0, 0.1) is 31.6 Å². The Labute approximate surface area is 191 Å². The Morgan fingerprint density at radius 2 is 1.81 bits per heavy atom. The Kier molecular flexibility index (Phi) is 6.30. The normalized spacial score (nSPS) is 27.9. The van der Waals surface area contributed by atoms with Crippen molar-refractivity contribution in [3.8, 4) is 5.75 Å². The minimum atomic E-state index is -0.246. The molecule has 0 saturated carbocycles. The van der Waals surface area contributed by atoms with Crippen LogP contribution >= 0.6 is 0 Å². The van der Waals surface area contributed by atoms with Crippen LogP contribution in [0.1, 0.15) is 62.6 Å². The first kappa shape index (κ1) is 22.8. The molecule has 1 aromatic rings. The van der Waals surface area contributed by atoms with E-state index in [4.69, 9.17) is 4.74 Å². The topological polar surface area (TPSA) is 66.8 Å². The summed E-state index contributed by atoms with van der Waals surface area (Å²) < 4.78 is 6.23. The third kappa shape index (κ3) is 3.92. The lowest BCUT2D eigenvalue weighted by Gasteiger charge is -2.30. The average Bonchev–Trinajstić information content (AvgIpc) is 3.26. The number of carbonyl (C=O) groups is 2. The number of phenols is 1. The van der Waals surface area contributed by atoms with Crippen LogP contribution in [0.15, 0.2) is 28.9 Å². The SMILES string of the molecule is CCC/C(=C\c1cc(C)c(O)c(C)c1)CC[C@H]1OC[C@H]2C1=C(C)C[C@H]1C(=O)N(C)C(=O)[C@H]12. The summed E-state index contributed by atoms with van der Waals surface area (Å²) in [7, 11) is 1.61. The van der Waals surface area contributed by atoms with Crippen molar-refractivity contribution in [1.82, 2.24) is 4.90 Å². The summed E-state index contributed by atoms with van der Waals surface area (Å²) in [5.41, 5.74) is 6.80. The number of benzene rings is 1. The van der Waals surface area contributed by atoms with Gasteiger partial charge in [-0.25, -0.2) is 0 Å². The van der Waals surface area contributed by atoms with Gasteiger partial charge in [0, 0.05) is 13.0 Å². The number of fused-ring (bicyclic) bond motifs is 3. The molecule has 172 valence electrons. The lowest BCUT2D eigenvalue weighted by Crippen LogP contribution is -2.33. The third-order valence-electron chi connectivity index (χ3n) is 7.56. The molecule has 5 heteroatoms. The van der Waals surface area contributed by atoms with Crippen LogP contribution in [-0.2, 0) is 14.3 Å². The number of hydrogen-bond donors (Lipinski definition) is 1. The van der Waals surface area contributed by atoms with Crippen LogP contribution < -0.4 is 0 Å². The maximum Gasteiger partial charge on any atom is 0.233 e. The van der Waals surface area contributed by atoms with E-state index >= 15 is 0 Å². The summed E-state index contributed by atoms with van der Waals surface area (Å²) in [4.78, 5) is 26.6. The van der Waals surface area contributed by atoms with Crippen molar-refractivity contribution in [2.75, 3.05) is 13.7 Å². The first-order valence-corrected chi connectivity index (χ1v) is 11.8. The fourth-order valence-corrected chi connectivity index (χ4v) is 6.00. The van der Waals surface area contributed by atoms with Gasteiger partial charge < -0.3 is 9.84 Å². The molecule has 1 aliphatic carbocycles. The summed E-state index contributed by atoms with van der Waals surface area (Å²) in [5.74, 6) is -0.113. The molecule has 2 aliphatic heterocycles. The molecular weight excluding hydrogens is 402 g/mol. The molecule has 2 fully saturated rings. The molecule has 2 heterocycles. The van der Waals surface area contributed by atoms with Crippen molar-refractivity contribution in [3.05, 3.63) is 45.5 Å². The number of aromatic hydroxyl groups is 1. The number of hydrogen-bond acceptors (Lipinski definition) is 4. The van der Waals surface area contributed by atoms with Gasteiger partial charge in [-0.2, -0.15) is 0 Å². The number of phenolic OH excluding ortho intramolecular Hbond substituents is 1. The lowest BCUT2D eigenvalue weighted by molar-refractivity contribution is -0.138. The van der Waals surface area contributed by atoms with Crippen molar-refractivity contribution >= 4 is 17.9 Å². The standard InChI is InChI=1S/C27H35NO4/c1-6-7-18(13-19-10-16(3)25(29)17(4)11-19)8-9-22-23-15(2)12-20-24(21(23)14-32-22)27(31)28(5)26(20)30/h10-11,13,20-22,24,29H,6-9,12,14H2,1-5H3/b18-13+/t20-,21+,22-,24-/m1/s1. The molecule has 0 unspecified atom stereocenters. The van der Waals surface area contributed by atoms with E-state index in [0.29, 0.717) is 18.8 Å². The lowest BCUT2D eigenvalue weighted by atomic mass is 9.70. The summed E-state index contributed by atoms with van der Waals surface area (Å²) in [5, 5.41) is 10.1. The van der Waals surface area contributed by atoms with Crippen LogP contribution in [0.3, 0.4) is 0 Å². The quantitative estimate of drug-likeness (QED) is 0.506. The maximum absolute atomic E-state index is 12.7. The largest absolute Gasteiger partial charge is 0.507 e. The van der Waals surface area contributed by atoms with E-state index in [1.54, 1.807) is 7.05 Å². The predicted molar refractivity (Wildman–Crippen MR) is 125 cm³/mol. The first-order chi connectivity index (χ1) is 15.2. The fourth-order valence-electron chi connectivity index (χ4n) is 6.00. The highest BCUT2D eigenvalue weighted by Crippen LogP contribution is 2.49. The molecule has 0 radical (unpaired) electrons. The van der Waals surface area contributed by atoms with Gasteiger partial charge in [0.1, 0.15) is 5.75 Å². The number of amides is 2. The zero-order valence-electron chi connectivity index (χ0n) is 19.9. The summed E-state index contributed by atoms with van der Waals surface area (Å²) >= 11 is 0. The minimum Gasteiger partial charge on any atom is -0.507 e. The van der Waals surface area contributed by atoms with Gasteiger partial charge in [0.25, 0.3) is 0 Å². The molecule has 4 atom stereocenters. The van der Waals surface area contributed by atoms with Crippen molar-refractivity contribution in [1.29, 1.82) is 0 Å². The number of nitrogens with zero attached hydrogens (tertiary/aromatic N) is 1. The molecule has 5 nitrogen and oxygen atoms in total. The highest BCUT2D eigenvalue weighted by molar-refractivity contribution is 6.05. The minimum absolute atomic E-state index is 0.0262. The van der Waals surface area contributed by atoms with Gasteiger partial charge >= 0.3 is 0 Å². The van der Waals surface area contributed by atoms with Crippen LogP contribution in [-0.4, -0.2) is 41.6 Å². The van der Waals surface area contributed by atoms with Crippen LogP contribution in [0.25, 0.3) is 6.08 Å². The second-order valence-electron chi connectivity index (χ2n) is 9.83. The van der Waals surface area contributed by atoms with Gasteiger partial charge in [-0.3, -0.25) is 14.5 Å². The summed E-state index contributed by atoms with van der Waals surface area (Å²) in [6.07, 6.45) is 6.87. The number of likely N-dealkylation sites (tertiary alicyclic amines) is 1. The average molecular weight is 438 g/mol. The highest BCUT2D eigenvalue weighted by atomic mass is 16.5. The van der Waals surface area contributed by atoms with E-state index in [1.807, 2.05) is 26.0 Å². The Bertz CT molecular complexity index is 982. The van der Waals surface area contributed by atoms with Crippen molar-refractivity contribution < 1.29 is 19.4 Å². The van der Waals surface area contributed by atoms with Gasteiger partial charge in [0.15, 0.2) is 0 Å². The monoisotopic (exact) mass is 437 g/mol. The van der Waals surface area contributed by atoms with Crippen molar-refractivity contribution in [2.45, 2.75) is 65.9 Å². The first-order valence-electron chi connectivity index (χ1n) is 11.8. The Morgan fingerprint density at radius 1 is 1.12 bits per heavy atom. The Balaban J connectivity index is 1.52. The van der Waals surface area contributed by atoms with Crippen molar-refractivity contribution in [2.24, 2.45) is 17.8 Å². The van der Waals surface area contributed by atoms with E-state index in [2.05, 4.69) is 19.9 Å². The van der Waals surface area contributed by atoms with Gasteiger partial charge in [-0.05, 0) is 80.9 Å². The molecular formula is C27H35NO4. The van der Waals surface area contributed by atoms with Gasteiger partial charge in [-0.15, -0.1) is 0 Å². The van der Waals surface area contributed by atoms with Crippen LogP contribution in [0.4, 0.5) is 0 Å². The zero-order valence-corrected chi connectivity index (χ0v) is 19.9. The molecule has 1 N–H and O–H groups in total. The van der Waals surface area contributed by atoms with Crippen LogP contribution in [0.5, 0.6) is 5.75 Å². The second kappa shape index (κ2) is 8.86. The second-order valence-corrected chi connectivity index (χ2v) is 9.83. The molecule has 3 aliphatic rings. The molecule has 2 saturated heterocycles. The number of carbonyl (C=O) groups excluding carboxylic acids is 2.